The Morgan fingerprint density at radius 1 is 1.09 bits per heavy atom. The number of benzene rings is 1. The van der Waals surface area contributed by atoms with Gasteiger partial charge in [0, 0.05) is 37.5 Å². The van der Waals surface area contributed by atoms with Crippen molar-refractivity contribution in [2.24, 2.45) is 0 Å². The van der Waals surface area contributed by atoms with E-state index in [0.717, 1.165) is 49.5 Å². The van der Waals surface area contributed by atoms with Gasteiger partial charge in [-0.3, -0.25) is 4.79 Å². The van der Waals surface area contributed by atoms with Crippen LogP contribution < -0.4 is 5.48 Å². The summed E-state index contributed by atoms with van der Waals surface area (Å²) < 4.78 is 59.0. The summed E-state index contributed by atoms with van der Waals surface area (Å²) in [6, 6.07) is 11.3. The lowest BCUT2D eigenvalue weighted by atomic mass is 10.2. The number of hydrogen-bond donors (Lipinski definition) is 1. The first-order valence-corrected chi connectivity index (χ1v) is 15.0. The summed E-state index contributed by atoms with van der Waals surface area (Å²) in [5.41, 5.74) is 3.17. The van der Waals surface area contributed by atoms with E-state index in [0.29, 0.717) is 13.0 Å². The number of ether oxygens (including phenoxy) is 1. The van der Waals surface area contributed by atoms with Gasteiger partial charge in [-0.1, -0.05) is 30.3 Å². The van der Waals surface area contributed by atoms with Gasteiger partial charge in [0.05, 0.1) is 6.26 Å². The molecule has 2 aliphatic heterocycles. The summed E-state index contributed by atoms with van der Waals surface area (Å²) >= 11 is 1.10. The number of piperazine rings is 1. The second kappa shape index (κ2) is 10.4. The molecule has 1 aromatic carbocycles. The summed E-state index contributed by atoms with van der Waals surface area (Å²) in [6.45, 7) is -0.0124. The lowest BCUT2D eigenvalue weighted by Crippen LogP contribution is -2.61. The van der Waals surface area contributed by atoms with Crippen LogP contribution in [0.5, 0.6) is 0 Å². The van der Waals surface area contributed by atoms with Crippen LogP contribution >= 0.6 is 11.3 Å². The van der Waals surface area contributed by atoms with E-state index in [1.165, 1.54) is 6.07 Å². The Hall–Kier alpha value is -1.87. The second-order valence-corrected chi connectivity index (χ2v) is 13.3. The Labute approximate surface area is 203 Å². The summed E-state index contributed by atoms with van der Waals surface area (Å²) in [5.74, 6) is -0.745. The quantitative estimate of drug-likeness (QED) is 0.541. The predicted molar refractivity (Wildman–Crippen MR) is 127 cm³/mol. The molecule has 2 aromatic rings. The highest BCUT2D eigenvalue weighted by Crippen LogP contribution is 2.33. The van der Waals surface area contributed by atoms with E-state index in [2.05, 4.69) is 5.48 Å². The maximum Gasteiger partial charge on any atom is 0.263 e. The van der Waals surface area contributed by atoms with Crippen molar-refractivity contribution < 1.29 is 31.2 Å². The van der Waals surface area contributed by atoms with E-state index >= 15 is 0 Å². The van der Waals surface area contributed by atoms with Crippen LogP contribution in [-0.2, 0) is 34.4 Å². The Balaban J connectivity index is 1.57. The molecule has 2 fully saturated rings. The number of nitrogens with one attached hydrogen (secondary N) is 1. The van der Waals surface area contributed by atoms with Crippen LogP contribution in [0.1, 0.15) is 19.3 Å². The zero-order valence-corrected chi connectivity index (χ0v) is 21.1. The molecule has 0 bridgehead atoms. The van der Waals surface area contributed by atoms with Gasteiger partial charge in [-0.05, 0) is 30.5 Å². The smallest absolute Gasteiger partial charge is 0.263 e. The average Bonchev–Trinajstić information content (AvgIpc) is 3.34. The molecule has 1 aromatic heterocycles. The number of nitrogens with zero attached hydrogens (tertiary/aromatic N) is 2. The fraction of sp³-hybridized carbons (Fsp3) is 0.476. The van der Waals surface area contributed by atoms with Crippen LogP contribution in [0.15, 0.2) is 46.7 Å². The van der Waals surface area contributed by atoms with Crippen molar-refractivity contribution in [3.05, 3.63) is 42.5 Å². The van der Waals surface area contributed by atoms with Gasteiger partial charge in [0.25, 0.3) is 15.9 Å². The first kappa shape index (κ1) is 25.2. The predicted octanol–water partition coefficient (Wildman–Crippen LogP) is 1.62. The molecule has 0 aliphatic carbocycles. The van der Waals surface area contributed by atoms with Gasteiger partial charge in [0.1, 0.15) is 10.3 Å². The molecule has 34 heavy (non-hydrogen) atoms. The van der Waals surface area contributed by atoms with Gasteiger partial charge in [-0.25, -0.2) is 27.2 Å². The van der Waals surface area contributed by atoms with Crippen molar-refractivity contribution in [2.45, 2.75) is 35.8 Å². The minimum Gasteiger partial charge on any atom is -0.350 e. The van der Waals surface area contributed by atoms with E-state index < -0.39 is 38.3 Å². The Kier molecular flexibility index (Phi) is 7.72. The van der Waals surface area contributed by atoms with E-state index in [9.17, 15) is 21.6 Å². The molecular formula is C21H27N3O7S3. The summed E-state index contributed by atoms with van der Waals surface area (Å²) in [5, 5.41) is 0. The fourth-order valence-corrected chi connectivity index (χ4v) is 7.71. The van der Waals surface area contributed by atoms with Gasteiger partial charge < -0.3 is 4.74 Å². The third kappa shape index (κ3) is 5.67. The van der Waals surface area contributed by atoms with Crippen molar-refractivity contribution in [3.63, 3.8) is 0 Å². The summed E-state index contributed by atoms with van der Waals surface area (Å²) in [4.78, 5) is 19.1. The van der Waals surface area contributed by atoms with Crippen molar-refractivity contribution in [2.75, 3.05) is 32.5 Å². The number of sulfonamides is 2. The molecule has 4 rings (SSSR count). The molecule has 186 valence electrons. The summed E-state index contributed by atoms with van der Waals surface area (Å²) in [7, 11) is -7.70. The molecule has 13 heteroatoms. The lowest BCUT2D eigenvalue weighted by Gasteiger charge is -2.38. The monoisotopic (exact) mass is 529 g/mol. The fourth-order valence-electron chi connectivity index (χ4n) is 3.87. The zero-order chi connectivity index (χ0) is 24.3. The maximum absolute atomic E-state index is 13.5. The first-order valence-electron chi connectivity index (χ1n) is 10.9. The van der Waals surface area contributed by atoms with Gasteiger partial charge >= 0.3 is 0 Å². The lowest BCUT2D eigenvalue weighted by molar-refractivity contribution is -0.202. The van der Waals surface area contributed by atoms with Crippen molar-refractivity contribution >= 4 is 37.3 Å². The van der Waals surface area contributed by atoms with Crippen LogP contribution in [0.25, 0.3) is 10.4 Å². The summed E-state index contributed by atoms with van der Waals surface area (Å²) in [6.07, 6.45) is 2.79. The molecule has 2 atom stereocenters. The van der Waals surface area contributed by atoms with Crippen molar-refractivity contribution in [1.29, 1.82) is 0 Å². The molecule has 1 amide bonds. The van der Waals surface area contributed by atoms with E-state index in [1.807, 2.05) is 30.3 Å². The Morgan fingerprint density at radius 3 is 2.53 bits per heavy atom. The number of amides is 1. The van der Waals surface area contributed by atoms with Crippen LogP contribution in [0.3, 0.4) is 0 Å². The molecule has 0 radical (unpaired) electrons. The molecule has 1 unspecified atom stereocenters. The Bertz CT molecular complexity index is 1210. The number of carbonyl (C=O) groups is 1. The molecule has 2 aliphatic rings. The third-order valence-electron chi connectivity index (χ3n) is 5.70. The molecule has 10 nitrogen and oxygen atoms in total. The second-order valence-electron chi connectivity index (χ2n) is 8.12. The average molecular weight is 530 g/mol. The third-order valence-corrected chi connectivity index (χ3v) is 10.5. The molecule has 3 heterocycles. The molecule has 1 N–H and O–H groups in total. The number of carbonyl (C=O) groups excluding carboxylic acids is 1. The van der Waals surface area contributed by atoms with Crippen LogP contribution in [0.2, 0.25) is 0 Å². The normalized spacial score (nSPS) is 23.0. The maximum atomic E-state index is 13.5. The molecule has 0 saturated carbocycles. The van der Waals surface area contributed by atoms with Crippen molar-refractivity contribution in [1.82, 2.24) is 14.1 Å². The van der Waals surface area contributed by atoms with Gasteiger partial charge in [0.2, 0.25) is 10.0 Å². The minimum absolute atomic E-state index is 0.0502. The highest BCUT2D eigenvalue weighted by Gasteiger charge is 2.43. The highest BCUT2D eigenvalue weighted by atomic mass is 32.2. The van der Waals surface area contributed by atoms with Gasteiger partial charge in [-0.2, -0.15) is 8.61 Å². The largest absolute Gasteiger partial charge is 0.350 e. The van der Waals surface area contributed by atoms with Crippen LogP contribution in [0.4, 0.5) is 0 Å². The first-order chi connectivity index (χ1) is 16.2. The topological polar surface area (TPSA) is 122 Å². The van der Waals surface area contributed by atoms with E-state index in [4.69, 9.17) is 9.57 Å². The number of hydrogen-bond acceptors (Lipinski definition) is 8. The molecule has 0 spiro atoms. The van der Waals surface area contributed by atoms with Crippen LogP contribution in [-0.4, -0.2) is 76.2 Å². The van der Waals surface area contributed by atoms with Crippen molar-refractivity contribution in [3.8, 4) is 10.4 Å². The standard InChI is InChI=1S/C21H27N3O7S3/c1-33(26,27)23-12-13-24(17(15-23)21(25)22-31-19-9-5-6-14-30-19)34(28,29)20-11-10-18(32-20)16-7-3-2-4-8-16/h2-4,7-8,10-11,17,19H,5-6,9,12-15H2,1H3,(H,22,25)/t17-,19?/m1/s1. The van der Waals surface area contributed by atoms with E-state index in [1.54, 1.807) is 6.07 Å². The molecular weight excluding hydrogens is 502 g/mol. The van der Waals surface area contributed by atoms with Gasteiger partial charge in [-0.15, -0.1) is 11.3 Å². The van der Waals surface area contributed by atoms with E-state index in [-0.39, 0.29) is 23.8 Å². The number of rotatable bonds is 7. The number of thiophene rings is 1. The number of hydroxylamine groups is 1. The molecule has 2 saturated heterocycles. The Morgan fingerprint density at radius 2 is 1.85 bits per heavy atom. The van der Waals surface area contributed by atoms with Gasteiger partial charge in [0.15, 0.2) is 6.29 Å². The minimum atomic E-state index is -4.07. The van der Waals surface area contributed by atoms with Crippen LogP contribution in [0, 0.1) is 0 Å². The highest BCUT2D eigenvalue weighted by molar-refractivity contribution is 7.91. The SMILES string of the molecule is CS(=O)(=O)N1CCN(S(=O)(=O)c2ccc(-c3ccccc3)s2)[C@@H](C(=O)NOC2CCCCO2)C1. The zero-order valence-electron chi connectivity index (χ0n) is 18.6.